The van der Waals surface area contributed by atoms with E-state index in [4.69, 9.17) is 0 Å². The predicted molar refractivity (Wildman–Crippen MR) is 40.9 cm³/mol. The number of carbonyl (C=O) groups is 1. The predicted octanol–water partition coefficient (Wildman–Crippen LogP) is -0.0125. The molecule has 0 aliphatic carbocycles. The van der Waals surface area contributed by atoms with Gasteiger partial charge < -0.3 is 9.87 Å². The summed E-state index contributed by atoms with van der Waals surface area (Å²) in [6.07, 6.45) is 0. The quantitative estimate of drug-likeness (QED) is 0.564. The van der Waals surface area contributed by atoms with Crippen molar-refractivity contribution in [2.45, 2.75) is 19.1 Å². The molecule has 0 heterocycles. The highest BCUT2D eigenvalue weighted by atomic mass is 32.2. The first-order valence-corrected chi connectivity index (χ1v) is 4.18. The van der Waals surface area contributed by atoms with Crippen molar-refractivity contribution in [3.05, 3.63) is 0 Å². The van der Waals surface area contributed by atoms with Crippen LogP contribution in [0.5, 0.6) is 0 Å². The molecule has 0 aromatic carbocycles. The molecule has 0 bridgehead atoms. The van der Waals surface area contributed by atoms with Gasteiger partial charge in [0.05, 0.1) is 11.4 Å². The maximum atomic E-state index is 10.9. The zero-order valence-corrected chi connectivity index (χ0v) is 7.12. The number of rotatable bonds is 2. The molecular weight excluding hydrogens is 152 g/mol. The molecule has 60 valence electrons. The first-order valence-electron chi connectivity index (χ1n) is 2.97. The summed E-state index contributed by atoms with van der Waals surface area (Å²) < 4.78 is 13.1. The molecule has 0 fully saturated rings. The van der Waals surface area contributed by atoms with Crippen LogP contribution >= 0.6 is 0 Å². The lowest BCUT2D eigenvalue weighted by Crippen LogP contribution is -2.40. The van der Waals surface area contributed by atoms with Gasteiger partial charge in [-0.25, -0.2) is 4.79 Å². The van der Waals surface area contributed by atoms with Crippen LogP contribution in [-0.2, 0) is 11.4 Å². The first-order chi connectivity index (χ1) is 4.57. The molecule has 0 spiro atoms. The first kappa shape index (κ1) is 9.58. The van der Waals surface area contributed by atoms with Crippen molar-refractivity contribution in [2.75, 3.05) is 7.05 Å². The third-order valence-corrected chi connectivity index (χ3v) is 2.09. The third-order valence-electron chi connectivity index (χ3n) is 0.849. The Balaban J connectivity index is 3.57. The van der Waals surface area contributed by atoms with Gasteiger partial charge >= 0.3 is 6.03 Å². The zero-order valence-electron chi connectivity index (χ0n) is 6.30. The van der Waals surface area contributed by atoms with Crippen LogP contribution in [0.3, 0.4) is 0 Å². The minimum Gasteiger partial charge on any atom is -0.593 e. The standard InChI is InChI=1S/C5H12N2O2S/c1-4(2)10(9)7-5(8)6-3/h4H,1-3H3,(H2,6,7,8). The summed E-state index contributed by atoms with van der Waals surface area (Å²) in [6.45, 7) is 3.54. The van der Waals surface area contributed by atoms with Crippen LogP contribution in [0.4, 0.5) is 4.79 Å². The second kappa shape index (κ2) is 4.40. The van der Waals surface area contributed by atoms with Crippen LogP contribution in [0.15, 0.2) is 0 Å². The summed E-state index contributed by atoms with van der Waals surface area (Å²) in [6, 6.07) is -0.410. The summed E-state index contributed by atoms with van der Waals surface area (Å²) in [5.41, 5.74) is 0. The monoisotopic (exact) mass is 164 g/mol. The van der Waals surface area contributed by atoms with Crippen molar-refractivity contribution in [1.29, 1.82) is 0 Å². The molecule has 10 heavy (non-hydrogen) atoms. The minimum absolute atomic E-state index is 0.0442. The number of amides is 2. The van der Waals surface area contributed by atoms with Crippen molar-refractivity contribution >= 4 is 17.4 Å². The van der Waals surface area contributed by atoms with Crippen LogP contribution in [0.2, 0.25) is 0 Å². The van der Waals surface area contributed by atoms with Crippen LogP contribution in [-0.4, -0.2) is 22.9 Å². The van der Waals surface area contributed by atoms with Gasteiger partial charge in [0.15, 0.2) is 0 Å². The lowest BCUT2D eigenvalue weighted by Gasteiger charge is -2.12. The van der Waals surface area contributed by atoms with Gasteiger partial charge in [-0.3, -0.25) is 0 Å². The molecule has 0 radical (unpaired) electrons. The van der Waals surface area contributed by atoms with E-state index in [0.717, 1.165) is 0 Å². The molecule has 0 rings (SSSR count). The highest BCUT2D eigenvalue weighted by Crippen LogP contribution is 1.94. The van der Waals surface area contributed by atoms with Gasteiger partial charge in [-0.2, -0.15) is 4.72 Å². The molecule has 2 N–H and O–H groups in total. The van der Waals surface area contributed by atoms with Gasteiger partial charge in [0.25, 0.3) is 0 Å². The molecule has 5 heteroatoms. The van der Waals surface area contributed by atoms with Crippen LogP contribution in [0, 0.1) is 0 Å². The Morgan fingerprint density at radius 3 is 2.40 bits per heavy atom. The molecule has 1 unspecified atom stereocenters. The topological polar surface area (TPSA) is 64.2 Å². The van der Waals surface area contributed by atoms with Crippen molar-refractivity contribution in [3.63, 3.8) is 0 Å². The van der Waals surface area contributed by atoms with Crippen LogP contribution < -0.4 is 10.0 Å². The minimum atomic E-state index is -1.26. The zero-order chi connectivity index (χ0) is 8.15. The molecule has 1 atom stereocenters. The largest absolute Gasteiger partial charge is 0.593 e. The summed E-state index contributed by atoms with van der Waals surface area (Å²) in [4.78, 5) is 10.5. The Hall–Kier alpha value is -0.420. The van der Waals surface area contributed by atoms with Crippen LogP contribution in [0.1, 0.15) is 13.8 Å². The summed E-state index contributed by atoms with van der Waals surface area (Å²) >= 11 is -1.26. The highest BCUT2D eigenvalue weighted by Gasteiger charge is 2.13. The Bertz CT molecular complexity index is 118. The van der Waals surface area contributed by atoms with Gasteiger partial charge in [0.2, 0.25) is 0 Å². The van der Waals surface area contributed by atoms with E-state index in [1.165, 1.54) is 7.05 Å². The Kier molecular flexibility index (Phi) is 4.22. The van der Waals surface area contributed by atoms with E-state index in [1.807, 2.05) is 0 Å². The lowest BCUT2D eigenvalue weighted by molar-refractivity contribution is 0.247. The summed E-state index contributed by atoms with van der Waals surface area (Å²) in [7, 11) is 1.48. The van der Waals surface area contributed by atoms with Crippen molar-refractivity contribution < 1.29 is 9.35 Å². The van der Waals surface area contributed by atoms with Gasteiger partial charge in [0.1, 0.15) is 5.25 Å². The highest BCUT2D eigenvalue weighted by molar-refractivity contribution is 7.90. The van der Waals surface area contributed by atoms with Gasteiger partial charge in [-0.05, 0) is 13.8 Å². The molecule has 2 amide bonds. The lowest BCUT2D eigenvalue weighted by atomic mass is 10.6. The van der Waals surface area contributed by atoms with Crippen molar-refractivity contribution in [3.8, 4) is 0 Å². The SMILES string of the molecule is CNC(=O)N[S+]([O-])C(C)C. The maximum absolute atomic E-state index is 10.9. The molecule has 0 aliphatic heterocycles. The molecule has 0 aliphatic rings. The Morgan fingerprint density at radius 1 is 1.60 bits per heavy atom. The summed E-state index contributed by atoms with van der Waals surface area (Å²) in [5.74, 6) is 0. The van der Waals surface area contributed by atoms with E-state index in [0.29, 0.717) is 0 Å². The average Bonchev–Trinajstić information content (AvgIpc) is 1.87. The third kappa shape index (κ3) is 3.58. The number of urea groups is 1. The Morgan fingerprint density at radius 2 is 2.10 bits per heavy atom. The molecule has 0 aromatic rings. The van der Waals surface area contributed by atoms with Crippen molar-refractivity contribution in [1.82, 2.24) is 10.0 Å². The number of carbonyl (C=O) groups excluding carboxylic acids is 1. The molecule has 4 nitrogen and oxygen atoms in total. The Labute approximate surface area is 63.7 Å². The van der Waals surface area contributed by atoms with E-state index >= 15 is 0 Å². The smallest absolute Gasteiger partial charge is 0.355 e. The fourth-order valence-corrected chi connectivity index (χ4v) is 0.781. The normalized spacial score (nSPS) is 12.9. The van der Waals surface area contributed by atoms with Gasteiger partial charge in [-0.1, -0.05) is 0 Å². The van der Waals surface area contributed by atoms with E-state index in [2.05, 4.69) is 10.0 Å². The second-order valence-corrected chi connectivity index (χ2v) is 3.77. The average molecular weight is 164 g/mol. The fourth-order valence-electron chi connectivity index (χ4n) is 0.260. The van der Waals surface area contributed by atoms with E-state index in [9.17, 15) is 9.35 Å². The van der Waals surface area contributed by atoms with E-state index in [-0.39, 0.29) is 5.25 Å². The molecule has 0 saturated carbocycles. The maximum Gasteiger partial charge on any atom is 0.355 e. The van der Waals surface area contributed by atoms with E-state index < -0.39 is 17.4 Å². The molecular formula is C5H12N2O2S. The number of nitrogens with one attached hydrogen (secondary N) is 2. The number of hydrogen-bond acceptors (Lipinski definition) is 2. The van der Waals surface area contributed by atoms with Crippen LogP contribution in [0.25, 0.3) is 0 Å². The molecule has 0 saturated heterocycles. The summed E-state index contributed by atoms with van der Waals surface area (Å²) in [5, 5.41) is 2.26. The van der Waals surface area contributed by atoms with Crippen molar-refractivity contribution in [2.24, 2.45) is 0 Å². The fraction of sp³-hybridized carbons (Fsp3) is 0.800. The van der Waals surface area contributed by atoms with E-state index in [1.54, 1.807) is 13.8 Å². The number of hydrogen-bond donors (Lipinski definition) is 2. The molecule has 0 aromatic heterocycles. The van der Waals surface area contributed by atoms with Gasteiger partial charge in [-0.15, -0.1) is 0 Å². The second-order valence-electron chi connectivity index (χ2n) is 2.03. The van der Waals surface area contributed by atoms with Gasteiger partial charge in [0, 0.05) is 7.05 Å².